The van der Waals surface area contributed by atoms with Gasteiger partial charge in [-0.15, -0.1) is 0 Å². The lowest BCUT2D eigenvalue weighted by Crippen LogP contribution is -2.23. The quantitative estimate of drug-likeness (QED) is 0.579. The number of hydrogen-bond donors (Lipinski definition) is 1. The molecule has 158 valence electrons. The number of pyridine rings is 1. The fourth-order valence-corrected chi connectivity index (χ4v) is 3.05. The van der Waals surface area contributed by atoms with Crippen molar-refractivity contribution in [3.05, 3.63) is 58.3 Å². The van der Waals surface area contributed by atoms with Gasteiger partial charge in [0.25, 0.3) is 5.56 Å². The molecule has 0 spiro atoms. The van der Waals surface area contributed by atoms with Crippen molar-refractivity contribution >= 4 is 11.6 Å². The molecule has 0 aliphatic rings. The second-order valence-electron chi connectivity index (χ2n) is 6.86. The zero-order valence-corrected chi connectivity index (χ0v) is 17.5. The molecule has 8 nitrogen and oxygen atoms in total. The summed E-state index contributed by atoms with van der Waals surface area (Å²) in [5.74, 6) is 1.14. The van der Waals surface area contributed by atoms with Gasteiger partial charge in [0, 0.05) is 30.8 Å². The van der Waals surface area contributed by atoms with Crippen LogP contribution in [-0.4, -0.2) is 27.2 Å². The van der Waals surface area contributed by atoms with E-state index in [4.69, 9.17) is 9.26 Å². The van der Waals surface area contributed by atoms with Crippen LogP contribution in [0.1, 0.15) is 38.3 Å². The molecule has 3 aromatic rings. The fraction of sp³-hybridized carbons (Fsp3) is 0.364. The molecule has 3 rings (SSSR count). The minimum absolute atomic E-state index is 0.141. The van der Waals surface area contributed by atoms with Crippen molar-refractivity contribution in [3.8, 4) is 17.1 Å². The molecular formula is C22H26N4O4. The van der Waals surface area contributed by atoms with E-state index in [0.29, 0.717) is 30.3 Å². The summed E-state index contributed by atoms with van der Waals surface area (Å²) in [7, 11) is 0. The molecule has 1 aromatic carbocycles. The Kier molecular flexibility index (Phi) is 7.00. The summed E-state index contributed by atoms with van der Waals surface area (Å²) in [6.45, 7) is 7.05. The highest BCUT2D eigenvalue weighted by atomic mass is 16.5. The Morgan fingerprint density at radius 3 is 2.63 bits per heavy atom. The van der Waals surface area contributed by atoms with Crippen molar-refractivity contribution in [3.63, 3.8) is 0 Å². The Morgan fingerprint density at radius 1 is 1.17 bits per heavy atom. The summed E-state index contributed by atoms with van der Waals surface area (Å²) in [6, 6.07) is 10.7. The first-order valence-electron chi connectivity index (χ1n) is 10.1. The second-order valence-corrected chi connectivity index (χ2v) is 6.86. The van der Waals surface area contributed by atoms with Gasteiger partial charge in [-0.05, 0) is 56.7 Å². The summed E-state index contributed by atoms with van der Waals surface area (Å²) in [5, 5.41) is 6.74. The first kappa shape index (κ1) is 21.3. The number of amides is 1. The predicted octanol–water partition coefficient (Wildman–Crippen LogP) is 3.59. The van der Waals surface area contributed by atoms with Crippen LogP contribution >= 0.6 is 0 Å². The van der Waals surface area contributed by atoms with E-state index in [1.54, 1.807) is 34.9 Å². The van der Waals surface area contributed by atoms with E-state index in [1.165, 1.54) is 0 Å². The van der Waals surface area contributed by atoms with E-state index in [0.717, 1.165) is 17.9 Å². The van der Waals surface area contributed by atoms with Crippen molar-refractivity contribution in [1.29, 1.82) is 0 Å². The molecule has 30 heavy (non-hydrogen) atoms. The number of aromatic nitrogens is 3. The van der Waals surface area contributed by atoms with Gasteiger partial charge in [-0.25, -0.2) is 0 Å². The lowest BCUT2D eigenvalue weighted by Gasteiger charge is -2.09. The first-order chi connectivity index (χ1) is 14.5. The molecule has 0 bridgehead atoms. The van der Waals surface area contributed by atoms with Crippen molar-refractivity contribution in [1.82, 2.24) is 14.7 Å². The molecule has 1 amide bonds. The fourth-order valence-electron chi connectivity index (χ4n) is 3.05. The molecule has 2 heterocycles. The van der Waals surface area contributed by atoms with Gasteiger partial charge in [0.1, 0.15) is 5.75 Å². The number of carbonyl (C=O) groups is 1. The lowest BCUT2D eigenvalue weighted by atomic mass is 10.2. The van der Waals surface area contributed by atoms with Crippen LogP contribution in [0.15, 0.2) is 45.7 Å². The topological polar surface area (TPSA) is 99.2 Å². The van der Waals surface area contributed by atoms with Gasteiger partial charge in [0.2, 0.25) is 17.6 Å². The van der Waals surface area contributed by atoms with Crippen LogP contribution in [0, 0.1) is 6.92 Å². The summed E-state index contributed by atoms with van der Waals surface area (Å²) in [5.41, 5.74) is 1.83. The molecule has 0 aliphatic heterocycles. The maximum atomic E-state index is 12.7. The lowest BCUT2D eigenvalue weighted by molar-refractivity contribution is -0.116. The summed E-state index contributed by atoms with van der Waals surface area (Å²) < 4.78 is 12.3. The van der Waals surface area contributed by atoms with Crippen LogP contribution in [0.5, 0.6) is 5.75 Å². The summed E-state index contributed by atoms with van der Waals surface area (Å²) in [4.78, 5) is 29.2. The van der Waals surface area contributed by atoms with Crippen LogP contribution in [-0.2, 0) is 17.8 Å². The zero-order valence-electron chi connectivity index (χ0n) is 17.5. The highest BCUT2D eigenvalue weighted by Crippen LogP contribution is 2.17. The Morgan fingerprint density at radius 2 is 1.93 bits per heavy atom. The maximum absolute atomic E-state index is 12.7. The predicted molar refractivity (Wildman–Crippen MR) is 114 cm³/mol. The van der Waals surface area contributed by atoms with E-state index in [9.17, 15) is 9.59 Å². The van der Waals surface area contributed by atoms with Crippen molar-refractivity contribution in [2.24, 2.45) is 0 Å². The third kappa shape index (κ3) is 5.14. The molecule has 2 aromatic heterocycles. The molecule has 0 unspecified atom stereocenters. The number of anilines is 1. The molecular weight excluding hydrogens is 384 g/mol. The van der Waals surface area contributed by atoms with Gasteiger partial charge in [-0.2, -0.15) is 4.98 Å². The largest absolute Gasteiger partial charge is 0.494 e. The highest BCUT2D eigenvalue weighted by molar-refractivity contribution is 5.90. The normalized spacial score (nSPS) is 10.8. The number of carbonyl (C=O) groups excluding carboxylic acids is 1. The van der Waals surface area contributed by atoms with Crippen molar-refractivity contribution in [2.45, 2.75) is 46.6 Å². The maximum Gasteiger partial charge on any atom is 0.261 e. The second kappa shape index (κ2) is 9.87. The average molecular weight is 410 g/mol. The Bertz CT molecular complexity index is 1050. The molecule has 0 saturated carbocycles. The third-order valence-electron chi connectivity index (χ3n) is 4.56. The van der Waals surface area contributed by atoms with E-state index in [-0.39, 0.29) is 30.1 Å². The number of ether oxygens (including phenoxy) is 1. The minimum atomic E-state index is -0.167. The smallest absolute Gasteiger partial charge is 0.261 e. The minimum Gasteiger partial charge on any atom is -0.494 e. The zero-order chi connectivity index (χ0) is 21.5. The van der Waals surface area contributed by atoms with E-state index in [2.05, 4.69) is 15.5 Å². The molecule has 0 atom stereocenters. The highest BCUT2D eigenvalue weighted by Gasteiger charge is 2.15. The van der Waals surface area contributed by atoms with E-state index in [1.807, 2.05) is 26.8 Å². The Labute approximate surface area is 174 Å². The van der Waals surface area contributed by atoms with Gasteiger partial charge in [-0.3, -0.25) is 9.59 Å². The Hall–Kier alpha value is -3.42. The number of benzene rings is 1. The van der Waals surface area contributed by atoms with Gasteiger partial charge in [0.05, 0.1) is 12.2 Å². The molecule has 0 fully saturated rings. The van der Waals surface area contributed by atoms with Crippen LogP contribution in [0.2, 0.25) is 0 Å². The number of hydrogen-bond acceptors (Lipinski definition) is 6. The van der Waals surface area contributed by atoms with Crippen LogP contribution < -0.4 is 15.6 Å². The third-order valence-corrected chi connectivity index (χ3v) is 4.56. The van der Waals surface area contributed by atoms with Gasteiger partial charge in [-0.1, -0.05) is 12.1 Å². The average Bonchev–Trinajstić information content (AvgIpc) is 3.20. The van der Waals surface area contributed by atoms with E-state index < -0.39 is 0 Å². The number of rotatable bonds is 9. The monoisotopic (exact) mass is 410 g/mol. The molecule has 0 saturated heterocycles. The Balaban J connectivity index is 1.61. The van der Waals surface area contributed by atoms with Gasteiger partial charge >= 0.3 is 0 Å². The molecule has 1 N–H and O–H groups in total. The number of nitrogens with zero attached hydrogens (tertiary/aromatic N) is 3. The molecule has 0 aliphatic carbocycles. The molecule has 8 heteroatoms. The number of aryl methyl sites for hydroxylation is 2. The van der Waals surface area contributed by atoms with Crippen molar-refractivity contribution < 1.29 is 14.1 Å². The molecule has 0 radical (unpaired) electrons. The van der Waals surface area contributed by atoms with Gasteiger partial charge in [0.15, 0.2) is 0 Å². The van der Waals surface area contributed by atoms with Crippen LogP contribution in [0.25, 0.3) is 11.4 Å². The van der Waals surface area contributed by atoms with E-state index >= 15 is 0 Å². The SMILES string of the molecule is CCCn1c(C)ccc(-c2noc(CCC(=O)Nc3ccc(OCC)cc3)n2)c1=O. The van der Waals surface area contributed by atoms with Gasteiger partial charge < -0.3 is 19.1 Å². The standard InChI is InChI=1S/C22H26N4O4/c1-4-14-26-15(3)6-11-18(22(26)28)21-24-20(30-25-21)13-12-19(27)23-16-7-9-17(10-8-16)29-5-2/h6-11H,4-5,12-14H2,1-3H3,(H,23,27). The van der Waals surface area contributed by atoms with Crippen LogP contribution in [0.4, 0.5) is 5.69 Å². The van der Waals surface area contributed by atoms with Crippen molar-refractivity contribution in [2.75, 3.05) is 11.9 Å². The summed E-state index contributed by atoms with van der Waals surface area (Å²) >= 11 is 0. The summed E-state index contributed by atoms with van der Waals surface area (Å²) in [6.07, 6.45) is 1.32. The number of nitrogens with one attached hydrogen (secondary N) is 1. The first-order valence-corrected chi connectivity index (χ1v) is 10.1. The van der Waals surface area contributed by atoms with Crippen LogP contribution in [0.3, 0.4) is 0 Å².